The minimum atomic E-state index is -2.98. The van der Waals surface area contributed by atoms with Crippen LogP contribution in [0, 0.1) is 0 Å². The molecule has 148 valence electrons. The van der Waals surface area contributed by atoms with Gasteiger partial charge in [0.2, 0.25) is 0 Å². The fraction of sp³-hybridized carbons (Fsp3) is 0.474. The fourth-order valence-electron chi connectivity index (χ4n) is 3.20. The van der Waals surface area contributed by atoms with Crippen LogP contribution in [-0.2, 0) is 16.4 Å². The first kappa shape index (κ1) is 20.1. The Bertz CT molecular complexity index is 805. The van der Waals surface area contributed by atoms with Crippen molar-refractivity contribution in [2.24, 2.45) is 0 Å². The molecule has 2 heterocycles. The van der Waals surface area contributed by atoms with Gasteiger partial charge in [-0.05, 0) is 42.1 Å². The van der Waals surface area contributed by atoms with Crippen LogP contribution >= 0.6 is 11.3 Å². The highest BCUT2D eigenvalue weighted by atomic mass is 32.2. The van der Waals surface area contributed by atoms with Gasteiger partial charge in [-0.15, -0.1) is 11.3 Å². The van der Waals surface area contributed by atoms with Gasteiger partial charge in [0, 0.05) is 24.0 Å². The number of ether oxygens (including phenoxy) is 2. The molecule has 1 aromatic heterocycles. The van der Waals surface area contributed by atoms with E-state index in [-0.39, 0.29) is 24.2 Å². The number of benzene rings is 1. The molecule has 0 aliphatic carbocycles. The smallest absolute Gasteiger partial charge is 0.151 e. The molecule has 0 amide bonds. The third-order valence-electron chi connectivity index (χ3n) is 4.61. The van der Waals surface area contributed by atoms with E-state index in [1.54, 1.807) is 42.7 Å². The van der Waals surface area contributed by atoms with E-state index in [1.165, 1.54) is 0 Å². The van der Waals surface area contributed by atoms with Crippen molar-refractivity contribution < 1.29 is 23.0 Å². The summed E-state index contributed by atoms with van der Waals surface area (Å²) in [4.78, 5) is 3.22. The molecule has 6 nitrogen and oxygen atoms in total. The van der Waals surface area contributed by atoms with Gasteiger partial charge in [0.15, 0.2) is 9.84 Å². The van der Waals surface area contributed by atoms with Crippen LogP contribution in [0.5, 0.6) is 11.5 Å². The first-order chi connectivity index (χ1) is 12.9. The molecule has 1 fully saturated rings. The number of hydrogen-bond acceptors (Lipinski definition) is 7. The minimum absolute atomic E-state index is 0.0623. The summed E-state index contributed by atoms with van der Waals surface area (Å²) in [6, 6.07) is 11.1. The highest BCUT2D eigenvalue weighted by Crippen LogP contribution is 2.22. The number of methoxy groups -OCH3 is 1. The lowest BCUT2D eigenvalue weighted by Gasteiger charge is -2.29. The molecule has 1 aliphatic heterocycles. The maximum atomic E-state index is 11.9. The van der Waals surface area contributed by atoms with Crippen LogP contribution in [0.2, 0.25) is 0 Å². The molecule has 1 saturated heterocycles. The average Bonchev–Trinajstić information content (AvgIpc) is 3.29. The molecule has 2 atom stereocenters. The molecule has 0 bridgehead atoms. The molecule has 0 saturated carbocycles. The largest absolute Gasteiger partial charge is 0.497 e. The van der Waals surface area contributed by atoms with Crippen molar-refractivity contribution in [2.45, 2.75) is 25.1 Å². The van der Waals surface area contributed by atoms with E-state index in [9.17, 15) is 13.5 Å². The second kappa shape index (κ2) is 9.05. The van der Waals surface area contributed by atoms with E-state index < -0.39 is 15.9 Å². The van der Waals surface area contributed by atoms with Gasteiger partial charge in [-0.25, -0.2) is 8.42 Å². The predicted octanol–water partition coefficient (Wildman–Crippen LogP) is 2.19. The number of rotatable bonds is 9. The van der Waals surface area contributed by atoms with Gasteiger partial charge in [0.25, 0.3) is 0 Å². The molecule has 0 unspecified atom stereocenters. The van der Waals surface area contributed by atoms with E-state index in [0.29, 0.717) is 25.3 Å². The zero-order chi connectivity index (χ0) is 19.3. The highest BCUT2D eigenvalue weighted by molar-refractivity contribution is 7.91. The maximum absolute atomic E-state index is 11.9. The Labute approximate surface area is 164 Å². The monoisotopic (exact) mass is 411 g/mol. The van der Waals surface area contributed by atoms with Gasteiger partial charge in [-0.3, -0.25) is 4.90 Å². The van der Waals surface area contributed by atoms with Gasteiger partial charge in [-0.1, -0.05) is 6.07 Å². The van der Waals surface area contributed by atoms with Crippen LogP contribution < -0.4 is 9.47 Å². The molecule has 1 N–H and O–H groups in total. The van der Waals surface area contributed by atoms with Gasteiger partial charge < -0.3 is 14.6 Å². The summed E-state index contributed by atoms with van der Waals surface area (Å²) in [5.74, 6) is 1.78. The number of aliphatic hydroxyl groups excluding tert-OH is 1. The molecule has 0 radical (unpaired) electrons. The molecule has 8 heteroatoms. The number of hydrogen-bond donors (Lipinski definition) is 1. The average molecular weight is 412 g/mol. The summed E-state index contributed by atoms with van der Waals surface area (Å²) in [6.45, 7) is 1.15. The number of thiophene rings is 1. The van der Waals surface area contributed by atoms with Crippen molar-refractivity contribution in [2.75, 3.05) is 31.8 Å². The van der Waals surface area contributed by atoms with Crippen molar-refractivity contribution in [3.63, 3.8) is 0 Å². The zero-order valence-electron chi connectivity index (χ0n) is 15.3. The summed E-state index contributed by atoms with van der Waals surface area (Å²) in [6.07, 6.45) is -0.102. The second-order valence-electron chi connectivity index (χ2n) is 6.71. The Balaban J connectivity index is 1.58. The quantitative estimate of drug-likeness (QED) is 0.682. The fourth-order valence-corrected chi connectivity index (χ4v) is 5.69. The highest BCUT2D eigenvalue weighted by Gasteiger charge is 2.33. The summed E-state index contributed by atoms with van der Waals surface area (Å²) < 4.78 is 34.5. The molecular weight excluding hydrogens is 386 g/mol. The lowest BCUT2D eigenvalue weighted by molar-refractivity contribution is 0.0529. The third kappa shape index (κ3) is 5.93. The molecular formula is C19H25NO5S2. The Hall–Kier alpha value is -1.61. The van der Waals surface area contributed by atoms with Crippen LogP contribution in [0.25, 0.3) is 0 Å². The van der Waals surface area contributed by atoms with E-state index in [0.717, 1.165) is 10.6 Å². The number of sulfone groups is 1. The normalized spacial score (nSPS) is 19.9. The second-order valence-corrected chi connectivity index (χ2v) is 9.97. The van der Waals surface area contributed by atoms with Gasteiger partial charge in [-0.2, -0.15) is 0 Å². The summed E-state index contributed by atoms with van der Waals surface area (Å²) in [5, 5.41) is 12.5. The maximum Gasteiger partial charge on any atom is 0.151 e. The topological polar surface area (TPSA) is 76.1 Å². The lowest BCUT2D eigenvalue weighted by atomic mass is 10.2. The SMILES string of the molecule is COc1ccc(OC[C@@H](O)CN(Cc2cccs2)[C@@H]2CCS(=O)(=O)C2)cc1. The van der Waals surface area contributed by atoms with Crippen LogP contribution in [-0.4, -0.2) is 62.3 Å². The molecule has 1 aliphatic rings. The Morgan fingerprint density at radius 2 is 2.00 bits per heavy atom. The number of nitrogens with zero attached hydrogens (tertiary/aromatic N) is 1. The summed E-state index contributed by atoms with van der Waals surface area (Å²) >= 11 is 1.63. The Kier molecular flexibility index (Phi) is 6.75. The van der Waals surface area contributed by atoms with Crippen LogP contribution in [0.15, 0.2) is 41.8 Å². The van der Waals surface area contributed by atoms with Crippen molar-refractivity contribution in [1.82, 2.24) is 4.90 Å². The first-order valence-electron chi connectivity index (χ1n) is 8.87. The minimum Gasteiger partial charge on any atom is -0.497 e. The molecule has 3 rings (SSSR count). The first-order valence-corrected chi connectivity index (χ1v) is 11.6. The van der Waals surface area contributed by atoms with E-state index in [4.69, 9.17) is 9.47 Å². The Morgan fingerprint density at radius 3 is 2.59 bits per heavy atom. The lowest BCUT2D eigenvalue weighted by Crippen LogP contribution is -2.42. The van der Waals surface area contributed by atoms with Crippen LogP contribution in [0.1, 0.15) is 11.3 Å². The zero-order valence-corrected chi connectivity index (χ0v) is 16.9. The van der Waals surface area contributed by atoms with Gasteiger partial charge >= 0.3 is 0 Å². The van der Waals surface area contributed by atoms with Crippen molar-refractivity contribution in [3.8, 4) is 11.5 Å². The third-order valence-corrected chi connectivity index (χ3v) is 7.22. The van der Waals surface area contributed by atoms with Crippen molar-refractivity contribution in [3.05, 3.63) is 46.7 Å². The van der Waals surface area contributed by atoms with Gasteiger partial charge in [0.1, 0.15) is 24.2 Å². The standard InChI is InChI=1S/C19H25NO5S2/c1-24-17-4-6-18(7-5-17)25-13-16(21)11-20(12-19-3-2-9-26-19)15-8-10-27(22,23)14-15/h2-7,9,15-16,21H,8,10-14H2,1H3/t15-,16+/m1/s1. The van der Waals surface area contributed by atoms with Crippen LogP contribution in [0.4, 0.5) is 0 Å². The van der Waals surface area contributed by atoms with E-state index in [1.807, 2.05) is 17.5 Å². The molecule has 1 aromatic carbocycles. The Morgan fingerprint density at radius 1 is 1.26 bits per heavy atom. The van der Waals surface area contributed by atoms with E-state index in [2.05, 4.69) is 4.90 Å². The molecule has 27 heavy (non-hydrogen) atoms. The van der Waals surface area contributed by atoms with E-state index >= 15 is 0 Å². The van der Waals surface area contributed by atoms with Gasteiger partial charge in [0.05, 0.1) is 18.6 Å². The van der Waals surface area contributed by atoms with Crippen LogP contribution in [0.3, 0.4) is 0 Å². The van der Waals surface area contributed by atoms with Crippen molar-refractivity contribution >= 4 is 21.2 Å². The summed E-state index contributed by atoms with van der Waals surface area (Å²) in [7, 11) is -1.38. The molecule has 0 spiro atoms. The number of aliphatic hydroxyl groups is 1. The predicted molar refractivity (Wildman–Crippen MR) is 106 cm³/mol. The van der Waals surface area contributed by atoms with Crippen molar-refractivity contribution in [1.29, 1.82) is 0 Å². The summed E-state index contributed by atoms with van der Waals surface area (Å²) in [5.41, 5.74) is 0. The molecule has 2 aromatic rings.